The van der Waals surface area contributed by atoms with Gasteiger partial charge >= 0.3 is 12.0 Å². The van der Waals surface area contributed by atoms with Gasteiger partial charge in [-0.15, -0.1) is 11.3 Å². The van der Waals surface area contributed by atoms with E-state index in [1.807, 2.05) is 6.92 Å². The molecule has 0 radical (unpaired) electrons. The van der Waals surface area contributed by atoms with Gasteiger partial charge < -0.3 is 20.5 Å². The quantitative estimate of drug-likeness (QED) is 0.633. The maximum absolute atomic E-state index is 11.6. The zero-order chi connectivity index (χ0) is 15.0. The van der Waals surface area contributed by atoms with Gasteiger partial charge in [0.1, 0.15) is 6.61 Å². The molecule has 0 saturated carbocycles. The van der Waals surface area contributed by atoms with Gasteiger partial charge in [0.15, 0.2) is 0 Å². The van der Waals surface area contributed by atoms with Gasteiger partial charge in [-0.3, -0.25) is 0 Å². The van der Waals surface area contributed by atoms with Gasteiger partial charge in [-0.25, -0.2) is 9.59 Å². The Balaban J connectivity index is 2.13. The number of carbonyl (C=O) groups is 2. The van der Waals surface area contributed by atoms with Gasteiger partial charge in [0.05, 0.1) is 6.61 Å². The second-order valence-corrected chi connectivity index (χ2v) is 5.84. The number of carboxylic acid groups (broad SMARTS) is 1. The summed E-state index contributed by atoms with van der Waals surface area (Å²) < 4.78 is 4.81. The molecular formula is C13H20N2O4S. The van der Waals surface area contributed by atoms with Crippen molar-refractivity contribution in [3.8, 4) is 0 Å². The van der Waals surface area contributed by atoms with Gasteiger partial charge in [-0.1, -0.05) is 0 Å². The number of hydrogen-bond donors (Lipinski definition) is 3. The fourth-order valence-corrected chi connectivity index (χ4v) is 2.64. The highest BCUT2D eigenvalue weighted by Gasteiger charge is 2.08. The Morgan fingerprint density at radius 1 is 1.45 bits per heavy atom. The molecule has 0 bridgehead atoms. The van der Waals surface area contributed by atoms with E-state index in [1.165, 1.54) is 9.75 Å². The predicted octanol–water partition coefficient (Wildman–Crippen LogP) is 1.39. The molecule has 0 aliphatic rings. The number of thiophene rings is 1. The van der Waals surface area contributed by atoms with E-state index in [9.17, 15) is 9.59 Å². The van der Waals surface area contributed by atoms with E-state index >= 15 is 0 Å². The minimum absolute atomic E-state index is 0.0352. The van der Waals surface area contributed by atoms with Crippen LogP contribution in [0.4, 0.5) is 4.79 Å². The van der Waals surface area contributed by atoms with E-state index in [2.05, 4.69) is 29.7 Å². The van der Waals surface area contributed by atoms with E-state index in [0.29, 0.717) is 0 Å². The zero-order valence-corrected chi connectivity index (χ0v) is 12.5. The highest BCUT2D eigenvalue weighted by Crippen LogP contribution is 2.16. The van der Waals surface area contributed by atoms with Crippen LogP contribution in [-0.2, 0) is 16.0 Å². The van der Waals surface area contributed by atoms with Crippen molar-refractivity contribution in [2.45, 2.75) is 26.3 Å². The van der Waals surface area contributed by atoms with Crippen molar-refractivity contribution in [3.05, 3.63) is 21.9 Å². The lowest BCUT2D eigenvalue weighted by molar-refractivity contribution is -0.142. The highest BCUT2D eigenvalue weighted by atomic mass is 32.1. The lowest BCUT2D eigenvalue weighted by atomic mass is 10.2. The molecule has 1 atom stereocenters. The molecule has 6 nitrogen and oxygen atoms in total. The number of hydrogen-bond acceptors (Lipinski definition) is 4. The van der Waals surface area contributed by atoms with Crippen LogP contribution in [-0.4, -0.2) is 42.9 Å². The van der Waals surface area contributed by atoms with E-state index in [0.717, 1.165) is 6.42 Å². The summed E-state index contributed by atoms with van der Waals surface area (Å²) in [6.07, 6.45) is 0.793. The van der Waals surface area contributed by atoms with Crippen LogP contribution in [0.15, 0.2) is 12.1 Å². The van der Waals surface area contributed by atoms with Crippen LogP contribution in [0.25, 0.3) is 0 Å². The first-order chi connectivity index (χ1) is 9.47. The minimum Gasteiger partial charge on any atom is -0.480 e. The zero-order valence-electron chi connectivity index (χ0n) is 11.6. The van der Waals surface area contributed by atoms with Crippen LogP contribution in [0.1, 0.15) is 16.7 Å². The van der Waals surface area contributed by atoms with Crippen molar-refractivity contribution in [1.82, 2.24) is 10.6 Å². The molecule has 1 aromatic rings. The minimum atomic E-state index is -1.02. The van der Waals surface area contributed by atoms with E-state index in [1.54, 1.807) is 11.3 Å². The Kier molecular flexibility index (Phi) is 7.03. The molecule has 0 aromatic carbocycles. The summed E-state index contributed by atoms with van der Waals surface area (Å²) in [5.41, 5.74) is 0. The first-order valence-electron chi connectivity index (χ1n) is 6.36. The maximum Gasteiger partial charge on any atom is 0.329 e. The second-order valence-electron chi connectivity index (χ2n) is 4.46. The molecule has 20 heavy (non-hydrogen) atoms. The van der Waals surface area contributed by atoms with Crippen molar-refractivity contribution in [1.29, 1.82) is 0 Å². The topological polar surface area (TPSA) is 87.7 Å². The largest absolute Gasteiger partial charge is 0.480 e. The van der Waals surface area contributed by atoms with Gasteiger partial charge in [-0.05, 0) is 26.0 Å². The van der Waals surface area contributed by atoms with Gasteiger partial charge in [0.25, 0.3) is 0 Å². The van der Waals surface area contributed by atoms with Crippen molar-refractivity contribution in [3.63, 3.8) is 0 Å². The molecule has 0 saturated heterocycles. The Hall–Kier alpha value is -1.60. The molecule has 2 amide bonds. The third-order valence-electron chi connectivity index (χ3n) is 2.44. The van der Waals surface area contributed by atoms with E-state index in [-0.39, 0.29) is 31.8 Å². The molecule has 0 spiro atoms. The fraction of sp³-hybridized carbons (Fsp3) is 0.538. The number of urea groups is 1. The Morgan fingerprint density at radius 3 is 2.80 bits per heavy atom. The molecule has 0 fully saturated rings. The van der Waals surface area contributed by atoms with Crippen LogP contribution in [0, 0.1) is 6.92 Å². The number of aliphatic carboxylic acids is 1. The van der Waals surface area contributed by atoms with Crippen LogP contribution < -0.4 is 10.6 Å². The number of amides is 2. The molecule has 1 rings (SSSR count). The molecule has 112 valence electrons. The average molecular weight is 300 g/mol. The normalized spacial score (nSPS) is 11.9. The van der Waals surface area contributed by atoms with Crippen molar-refractivity contribution >= 4 is 23.3 Å². The number of nitrogens with one attached hydrogen (secondary N) is 2. The Labute approximate surface area is 122 Å². The van der Waals surface area contributed by atoms with E-state index < -0.39 is 5.97 Å². The van der Waals surface area contributed by atoms with Crippen LogP contribution in [0.5, 0.6) is 0 Å². The Morgan fingerprint density at radius 2 is 2.20 bits per heavy atom. The number of carbonyl (C=O) groups excluding carboxylic acids is 1. The van der Waals surface area contributed by atoms with Crippen molar-refractivity contribution in [2.75, 3.05) is 19.8 Å². The molecule has 0 aliphatic heterocycles. The molecule has 1 aromatic heterocycles. The SMILES string of the molecule is Cc1ccc(CC(C)NC(=O)NCCOCC(=O)O)s1. The van der Waals surface area contributed by atoms with Gasteiger partial charge in [-0.2, -0.15) is 0 Å². The highest BCUT2D eigenvalue weighted by molar-refractivity contribution is 7.11. The fourth-order valence-electron chi connectivity index (χ4n) is 1.62. The van der Waals surface area contributed by atoms with E-state index in [4.69, 9.17) is 9.84 Å². The van der Waals surface area contributed by atoms with Crippen molar-refractivity contribution in [2.24, 2.45) is 0 Å². The maximum atomic E-state index is 11.6. The van der Waals surface area contributed by atoms with Gasteiger partial charge in [0, 0.05) is 28.8 Å². The number of ether oxygens (including phenoxy) is 1. The van der Waals surface area contributed by atoms with Crippen molar-refractivity contribution < 1.29 is 19.4 Å². The average Bonchev–Trinajstić information content (AvgIpc) is 2.73. The Bertz CT molecular complexity index is 447. The lowest BCUT2D eigenvalue weighted by Gasteiger charge is -2.13. The predicted molar refractivity (Wildman–Crippen MR) is 77.2 cm³/mol. The molecular weight excluding hydrogens is 280 g/mol. The first-order valence-corrected chi connectivity index (χ1v) is 7.18. The number of carboxylic acids is 1. The molecule has 1 unspecified atom stereocenters. The molecule has 1 heterocycles. The molecule has 3 N–H and O–H groups in total. The summed E-state index contributed by atoms with van der Waals surface area (Å²) in [6, 6.07) is 3.89. The molecule has 7 heteroatoms. The van der Waals surface area contributed by atoms with Crippen LogP contribution >= 0.6 is 11.3 Å². The monoisotopic (exact) mass is 300 g/mol. The summed E-state index contributed by atoms with van der Waals surface area (Å²) in [6.45, 7) is 4.10. The summed E-state index contributed by atoms with van der Waals surface area (Å²) in [7, 11) is 0. The molecule has 0 aliphatic carbocycles. The number of rotatable bonds is 8. The first kappa shape index (κ1) is 16.5. The summed E-state index contributed by atoms with van der Waals surface area (Å²) in [5, 5.41) is 13.8. The van der Waals surface area contributed by atoms with Gasteiger partial charge in [0.2, 0.25) is 0 Å². The standard InChI is InChI=1S/C13H20N2O4S/c1-9(7-11-4-3-10(2)20-11)15-13(18)14-5-6-19-8-12(16)17/h3-4,9H,5-8H2,1-2H3,(H,16,17)(H2,14,15,18). The van der Waals surface area contributed by atoms with Crippen LogP contribution in [0.2, 0.25) is 0 Å². The smallest absolute Gasteiger partial charge is 0.329 e. The number of aryl methyl sites for hydroxylation is 1. The lowest BCUT2D eigenvalue weighted by Crippen LogP contribution is -2.42. The third-order valence-corrected chi connectivity index (χ3v) is 3.46. The second kappa shape index (κ2) is 8.55. The third kappa shape index (κ3) is 7.10. The van der Waals surface area contributed by atoms with Crippen LogP contribution in [0.3, 0.4) is 0 Å². The summed E-state index contributed by atoms with van der Waals surface area (Å²) >= 11 is 1.72. The summed E-state index contributed by atoms with van der Waals surface area (Å²) in [5.74, 6) is -1.02. The summed E-state index contributed by atoms with van der Waals surface area (Å²) in [4.78, 5) is 24.2.